The second-order valence-corrected chi connectivity index (χ2v) is 3.58. The summed E-state index contributed by atoms with van der Waals surface area (Å²) >= 11 is 0. The summed E-state index contributed by atoms with van der Waals surface area (Å²) in [5.74, 6) is -0.958. The molecule has 0 amide bonds. The molecule has 1 aromatic carbocycles. The van der Waals surface area contributed by atoms with Gasteiger partial charge in [-0.1, -0.05) is 30.3 Å². The molecule has 0 bridgehead atoms. The molecule has 1 unspecified atom stereocenters. The van der Waals surface area contributed by atoms with Crippen LogP contribution < -0.4 is 0 Å². The topological polar surface area (TPSA) is 55.1 Å². The van der Waals surface area contributed by atoms with E-state index in [0.29, 0.717) is 0 Å². The quantitative estimate of drug-likeness (QED) is 0.828. The first kappa shape index (κ1) is 14.0. The molecule has 0 saturated carbocycles. The van der Waals surface area contributed by atoms with Crippen molar-refractivity contribution in [3.8, 4) is 0 Å². The number of carbonyl (C=O) groups is 1. The van der Waals surface area contributed by atoms with Crippen LogP contribution in [0, 0.1) is 0 Å². The van der Waals surface area contributed by atoms with E-state index in [2.05, 4.69) is 4.98 Å². The van der Waals surface area contributed by atoms with Gasteiger partial charge in [-0.2, -0.15) is 0 Å². The van der Waals surface area contributed by atoms with Gasteiger partial charge >= 0.3 is 35.5 Å². The van der Waals surface area contributed by atoms with Gasteiger partial charge in [0.05, 0.1) is 18.6 Å². The van der Waals surface area contributed by atoms with Crippen LogP contribution in [0.4, 0.5) is 0 Å². The van der Waals surface area contributed by atoms with Crippen molar-refractivity contribution < 1.29 is 9.90 Å². The van der Waals surface area contributed by atoms with Crippen molar-refractivity contribution in [3.05, 3.63) is 54.1 Å². The molecule has 0 aliphatic heterocycles. The fourth-order valence-electron chi connectivity index (χ4n) is 1.67. The van der Waals surface area contributed by atoms with Crippen molar-refractivity contribution in [2.75, 3.05) is 0 Å². The Balaban J connectivity index is 0.00000144. The number of hydrogen-bond donors (Lipinski definition) is 1. The first-order valence-electron chi connectivity index (χ1n) is 5.00. The predicted octanol–water partition coefficient (Wildman–Crippen LogP) is 1.54. The molecule has 0 saturated heterocycles. The predicted molar refractivity (Wildman–Crippen MR) is 66.6 cm³/mol. The van der Waals surface area contributed by atoms with Crippen molar-refractivity contribution in [1.82, 2.24) is 9.55 Å². The molecular formula is C12H13N2NaO2. The molecule has 4 nitrogen and oxygen atoms in total. The minimum absolute atomic E-state index is 0. The number of carboxylic acid groups (broad SMARTS) is 1. The first-order chi connectivity index (χ1) is 7.70. The van der Waals surface area contributed by atoms with Gasteiger partial charge < -0.3 is 9.67 Å². The molecule has 0 aliphatic carbocycles. The molecule has 1 atom stereocenters. The van der Waals surface area contributed by atoms with Gasteiger partial charge in [0.2, 0.25) is 0 Å². The molecular weight excluding hydrogens is 227 g/mol. The van der Waals surface area contributed by atoms with Crippen molar-refractivity contribution in [2.45, 2.75) is 13.0 Å². The Morgan fingerprint density at radius 2 is 2.00 bits per heavy atom. The summed E-state index contributed by atoms with van der Waals surface area (Å²) in [6, 6.07) is 9.70. The van der Waals surface area contributed by atoms with Gasteiger partial charge in [-0.15, -0.1) is 0 Å². The molecule has 0 radical (unpaired) electrons. The van der Waals surface area contributed by atoms with Gasteiger partial charge in [0, 0.05) is 0 Å². The van der Waals surface area contributed by atoms with Gasteiger partial charge in [0.25, 0.3) is 0 Å². The van der Waals surface area contributed by atoms with Crippen LogP contribution in [-0.4, -0.2) is 50.2 Å². The number of aromatic carboxylic acids is 1. The van der Waals surface area contributed by atoms with Crippen LogP contribution in [-0.2, 0) is 0 Å². The summed E-state index contributed by atoms with van der Waals surface area (Å²) in [4.78, 5) is 14.8. The molecule has 2 aromatic rings. The van der Waals surface area contributed by atoms with Crippen LogP contribution in [0.25, 0.3) is 0 Å². The number of imidazole rings is 1. The zero-order chi connectivity index (χ0) is 11.5. The molecule has 1 aromatic heterocycles. The van der Waals surface area contributed by atoms with Crippen LogP contribution >= 0.6 is 0 Å². The van der Waals surface area contributed by atoms with Gasteiger partial charge in [-0.25, -0.2) is 9.78 Å². The van der Waals surface area contributed by atoms with Gasteiger partial charge in [0.15, 0.2) is 0 Å². The van der Waals surface area contributed by atoms with Crippen LogP contribution in [0.15, 0.2) is 42.9 Å². The number of hydrogen-bond acceptors (Lipinski definition) is 2. The van der Waals surface area contributed by atoms with E-state index in [1.165, 1.54) is 6.20 Å². The third-order valence-electron chi connectivity index (χ3n) is 2.58. The monoisotopic (exact) mass is 240 g/mol. The van der Waals surface area contributed by atoms with E-state index in [9.17, 15) is 4.79 Å². The molecule has 84 valence electrons. The molecule has 0 aliphatic rings. The third kappa shape index (κ3) is 2.97. The maximum atomic E-state index is 11.0. The van der Waals surface area contributed by atoms with E-state index in [1.807, 2.05) is 37.3 Å². The Hall–Kier alpha value is -1.10. The van der Waals surface area contributed by atoms with E-state index in [1.54, 1.807) is 10.9 Å². The van der Waals surface area contributed by atoms with E-state index in [4.69, 9.17) is 5.11 Å². The summed E-state index contributed by atoms with van der Waals surface area (Å²) in [5, 5.41) is 8.99. The molecule has 5 heteroatoms. The van der Waals surface area contributed by atoms with Crippen molar-refractivity contribution in [1.29, 1.82) is 0 Å². The number of aromatic nitrogens is 2. The standard InChI is InChI=1S/C12H12N2O2.Na.H/c1-9(10-5-3-2-4-6-10)14-8-13-7-11(14)12(15)16;;/h2-9H,1H3,(H,15,16);;. The number of rotatable bonds is 3. The maximum absolute atomic E-state index is 11.0. The SMILES string of the molecule is CC(c1ccccc1)n1cncc1C(=O)O.[NaH]. The van der Waals surface area contributed by atoms with Crippen molar-refractivity contribution in [2.24, 2.45) is 0 Å². The number of benzene rings is 1. The van der Waals surface area contributed by atoms with Crippen molar-refractivity contribution in [3.63, 3.8) is 0 Å². The Labute approximate surface area is 122 Å². The van der Waals surface area contributed by atoms with E-state index in [-0.39, 0.29) is 41.3 Å². The Morgan fingerprint density at radius 1 is 1.35 bits per heavy atom. The average molecular weight is 240 g/mol. The second-order valence-electron chi connectivity index (χ2n) is 3.58. The van der Waals surface area contributed by atoms with Gasteiger partial charge in [0.1, 0.15) is 5.69 Å². The summed E-state index contributed by atoms with van der Waals surface area (Å²) in [5.41, 5.74) is 1.26. The third-order valence-corrected chi connectivity index (χ3v) is 2.58. The van der Waals surface area contributed by atoms with Crippen LogP contribution in [0.3, 0.4) is 0 Å². The first-order valence-corrected chi connectivity index (χ1v) is 5.00. The van der Waals surface area contributed by atoms with Crippen LogP contribution in [0.2, 0.25) is 0 Å². The van der Waals surface area contributed by atoms with Gasteiger partial charge in [-0.05, 0) is 12.5 Å². The van der Waals surface area contributed by atoms with Crippen molar-refractivity contribution >= 4 is 35.5 Å². The normalized spacial score (nSPS) is 11.6. The Morgan fingerprint density at radius 3 is 2.59 bits per heavy atom. The Bertz CT molecular complexity index is 496. The zero-order valence-electron chi connectivity index (χ0n) is 8.87. The van der Waals surface area contributed by atoms with E-state index >= 15 is 0 Å². The van der Waals surface area contributed by atoms with E-state index < -0.39 is 5.97 Å². The van der Waals surface area contributed by atoms with Crippen LogP contribution in [0.1, 0.15) is 29.0 Å². The van der Waals surface area contributed by atoms with Crippen LogP contribution in [0.5, 0.6) is 0 Å². The second kappa shape index (κ2) is 6.00. The number of carboxylic acids is 1. The molecule has 1 N–H and O–H groups in total. The minimum atomic E-state index is -0.958. The number of nitrogens with zero attached hydrogens (tertiary/aromatic N) is 2. The molecule has 2 rings (SSSR count). The molecule has 0 spiro atoms. The molecule has 1 heterocycles. The zero-order valence-corrected chi connectivity index (χ0v) is 8.87. The van der Waals surface area contributed by atoms with Gasteiger partial charge in [-0.3, -0.25) is 0 Å². The Kier molecular flexibility index (Phi) is 4.93. The summed E-state index contributed by atoms with van der Waals surface area (Å²) < 4.78 is 1.65. The summed E-state index contributed by atoms with van der Waals surface area (Å²) in [6.45, 7) is 1.95. The molecule has 17 heavy (non-hydrogen) atoms. The fourth-order valence-corrected chi connectivity index (χ4v) is 1.67. The average Bonchev–Trinajstić information content (AvgIpc) is 2.78. The van der Waals surface area contributed by atoms with E-state index in [0.717, 1.165) is 5.56 Å². The molecule has 0 fully saturated rings. The summed E-state index contributed by atoms with van der Waals surface area (Å²) in [6.07, 6.45) is 2.91. The fraction of sp³-hybridized carbons (Fsp3) is 0.167. The summed E-state index contributed by atoms with van der Waals surface area (Å²) in [7, 11) is 0.